The molecule has 0 saturated carbocycles. The molecule has 0 saturated heterocycles. The molecule has 5 aromatic rings. The van der Waals surface area contributed by atoms with Crippen LogP contribution in [0.4, 0.5) is 0 Å². The molecule has 0 radical (unpaired) electrons. The Bertz CT molecular complexity index is 1590. The fraction of sp³-hybridized carbons (Fsp3) is 0.115. The van der Waals surface area contributed by atoms with Gasteiger partial charge >= 0.3 is 0 Å². The van der Waals surface area contributed by atoms with E-state index in [0.717, 1.165) is 27.8 Å². The van der Waals surface area contributed by atoms with Gasteiger partial charge < -0.3 is 9.13 Å². The topological polar surface area (TPSA) is 52.7 Å². The van der Waals surface area contributed by atoms with E-state index in [1.54, 1.807) is 54.6 Å². The van der Waals surface area contributed by atoms with E-state index in [2.05, 4.69) is 4.98 Å². The molecule has 0 amide bonds. The highest BCUT2D eigenvalue weighted by atomic mass is 35.5. The highest BCUT2D eigenvalue weighted by molar-refractivity contribution is 6.31. The van der Waals surface area contributed by atoms with Crippen molar-refractivity contribution in [2.75, 3.05) is 0 Å². The Morgan fingerprint density at radius 2 is 1.68 bits per heavy atom. The zero-order chi connectivity index (χ0) is 24.0. The fourth-order valence-corrected chi connectivity index (χ4v) is 4.95. The number of hydrogen-bond donors (Lipinski definition) is 0. The van der Waals surface area contributed by atoms with Gasteiger partial charge in [0, 0.05) is 35.6 Å². The summed E-state index contributed by atoms with van der Waals surface area (Å²) in [4.78, 5) is 20.6. The molecule has 5 rings (SSSR count). The molecule has 2 aromatic carbocycles. The van der Waals surface area contributed by atoms with Crippen LogP contribution in [0, 0.1) is 0 Å². The lowest BCUT2D eigenvalue weighted by Gasteiger charge is -2.28. The third kappa shape index (κ3) is 3.70. The zero-order valence-electron chi connectivity index (χ0n) is 18.3. The first-order chi connectivity index (χ1) is 16.3. The first kappa shape index (κ1) is 22.7. The molecule has 1 unspecified atom stereocenters. The van der Waals surface area contributed by atoms with Gasteiger partial charge in [-0.15, -0.1) is 11.6 Å². The van der Waals surface area contributed by atoms with Crippen molar-refractivity contribution in [2.24, 2.45) is 14.1 Å². The van der Waals surface area contributed by atoms with Crippen molar-refractivity contribution in [3.05, 3.63) is 117 Å². The maximum atomic E-state index is 12.7. The molecule has 0 N–H and O–H groups in total. The third-order valence-corrected chi connectivity index (χ3v) is 7.13. The highest BCUT2D eigenvalue weighted by Crippen LogP contribution is 2.43. The zero-order valence-corrected chi connectivity index (χ0v) is 20.6. The van der Waals surface area contributed by atoms with Crippen molar-refractivity contribution >= 4 is 45.7 Å². The van der Waals surface area contributed by atoms with Gasteiger partial charge in [-0.3, -0.25) is 9.78 Å². The van der Waals surface area contributed by atoms with Gasteiger partial charge in [0.05, 0.1) is 35.6 Å². The van der Waals surface area contributed by atoms with Crippen molar-refractivity contribution < 1.29 is 0 Å². The minimum atomic E-state index is -1.15. The SMILES string of the molecule is Cn1cncc1C(Cl)(c1ccc(Cl)cc1)c1cc2c(-c3cccc(Cl)c3)cc(=O)n(C)c2cn1. The number of aryl methyl sites for hydroxylation is 2. The summed E-state index contributed by atoms with van der Waals surface area (Å²) in [5, 5.41) is 2.02. The molecule has 170 valence electrons. The summed E-state index contributed by atoms with van der Waals surface area (Å²) in [6.45, 7) is 0. The van der Waals surface area contributed by atoms with Crippen LogP contribution < -0.4 is 5.56 Å². The third-order valence-electron chi connectivity index (χ3n) is 6.03. The van der Waals surface area contributed by atoms with Gasteiger partial charge in [0.2, 0.25) is 0 Å². The van der Waals surface area contributed by atoms with E-state index in [9.17, 15) is 4.79 Å². The van der Waals surface area contributed by atoms with E-state index in [-0.39, 0.29) is 5.56 Å². The number of halogens is 3. The molecule has 34 heavy (non-hydrogen) atoms. The van der Waals surface area contributed by atoms with E-state index < -0.39 is 4.87 Å². The van der Waals surface area contributed by atoms with Crippen LogP contribution in [0.2, 0.25) is 10.0 Å². The molecule has 8 heteroatoms. The van der Waals surface area contributed by atoms with Crippen LogP contribution in [0.25, 0.3) is 22.0 Å². The van der Waals surface area contributed by atoms with E-state index in [0.29, 0.717) is 21.3 Å². The second-order valence-corrected chi connectivity index (χ2v) is 9.55. The second-order valence-electron chi connectivity index (χ2n) is 8.11. The van der Waals surface area contributed by atoms with Crippen molar-refractivity contribution in [1.29, 1.82) is 0 Å². The summed E-state index contributed by atoms with van der Waals surface area (Å²) in [5.41, 5.74) is 4.27. The van der Waals surface area contributed by atoms with Crippen LogP contribution in [-0.2, 0) is 19.0 Å². The van der Waals surface area contributed by atoms with Crippen LogP contribution in [0.3, 0.4) is 0 Å². The van der Waals surface area contributed by atoms with Crippen molar-refractivity contribution in [2.45, 2.75) is 4.87 Å². The van der Waals surface area contributed by atoms with Gasteiger partial charge in [0.1, 0.15) is 0 Å². The molecule has 0 fully saturated rings. The summed E-state index contributed by atoms with van der Waals surface area (Å²) < 4.78 is 3.44. The number of benzene rings is 2. The van der Waals surface area contributed by atoms with Crippen molar-refractivity contribution in [3.8, 4) is 11.1 Å². The maximum Gasteiger partial charge on any atom is 0.251 e. The normalized spacial score (nSPS) is 13.2. The fourth-order valence-electron chi connectivity index (χ4n) is 4.23. The van der Waals surface area contributed by atoms with Gasteiger partial charge in [0.25, 0.3) is 5.56 Å². The first-order valence-corrected chi connectivity index (χ1v) is 11.6. The average Bonchev–Trinajstić information content (AvgIpc) is 3.27. The predicted molar refractivity (Wildman–Crippen MR) is 138 cm³/mol. The number of imidazole rings is 1. The minimum Gasteiger partial charge on any atom is -0.336 e. The Kier molecular flexibility index (Phi) is 5.72. The van der Waals surface area contributed by atoms with Crippen LogP contribution >= 0.6 is 34.8 Å². The van der Waals surface area contributed by atoms with E-state index in [1.807, 2.05) is 48.0 Å². The summed E-state index contributed by atoms with van der Waals surface area (Å²) in [5.74, 6) is 0. The highest BCUT2D eigenvalue weighted by Gasteiger charge is 2.38. The Morgan fingerprint density at radius 1 is 0.912 bits per heavy atom. The van der Waals surface area contributed by atoms with Gasteiger partial charge in [-0.05, 0) is 47.0 Å². The van der Waals surface area contributed by atoms with Crippen LogP contribution in [0.1, 0.15) is 17.0 Å². The van der Waals surface area contributed by atoms with Crippen LogP contribution in [0.15, 0.2) is 84.2 Å². The molecule has 3 heterocycles. The molecule has 3 aromatic heterocycles. The lowest BCUT2D eigenvalue weighted by atomic mass is 9.89. The van der Waals surface area contributed by atoms with Crippen molar-refractivity contribution in [3.63, 3.8) is 0 Å². The number of hydrogen-bond acceptors (Lipinski definition) is 3. The van der Waals surface area contributed by atoms with Crippen molar-refractivity contribution in [1.82, 2.24) is 19.1 Å². The molecule has 0 aliphatic carbocycles. The monoisotopic (exact) mass is 508 g/mol. The van der Waals surface area contributed by atoms with Gasteiger partial charge in [-0.1, -0.05) is 47.5 Å². The molecule has 5 nitrogen and oxygen atoms in total. The predicted octanol–water partition coefficient (Wildman–Crippen LogP) is 6.17. The Hall–Kier alpha value is -3.12. The quantitative estimate of drug-likeness (QED) is 0.272. The summed E-state index contributed by atoms with van der Waals surface area (Å²) >= 11 is 19.9. The molecule has 0 bridgehead atoms. The number of rotatable bonds is 4. The van der Waals surface area contributed by atoms with E-state index >= 15 is 0 Å². The molecule has 1 atom stereocenters. The number of fused-ring (bicyclic) bond motifs is 1. The Morgan fingerprint density at radius 3 is 2.35 bits per heavy atom. The lowest BCUT2D eigenvalue weighted by Crippen LogP contribution is -2.27. The van der Waals surface area contributed by atoms with Gasteiger partial charge in [-0.25, -0.2) is 4.98 Å². The summed E-state index contributed by atoms with van der Waals surface area (Å²) in [7, 11) is 3.61. The molecule has 0 aliphatic heterocycles. The molecular weight excluding hydrogens is 491 g/mol. The number of aromatic nitrogens is 4. The summed E-state index contributed by atoms with van der Waals surface area (Å²) in [6, 6.07) is 18.3. The summed E-state index contributed by atoms with van der Waals surface area (Å²) in [6.07, 6.45) is 5.11. The number of alkyl halides is 1. The average molecular weight is 510 g/mol. The van der Waals surface area contributed by atoms with Gasteiger partial charge in [0.15, 0.2) is 4.87 Å². The lowest BCUT2D eigenvalue weighted by molar-refractivity contribution is 0.727. The Labute approximate surface area is 211 Å². The van der Waals surface area contributed by atoms with Crippen LogP contribution in [0.5, 0.6) is 0 Å². The smallest absolute Gasteiger partial charge is 0.251 e. The standard InChI is InChI=1S/C26H19Cl3N4O/c1-32-15-30-14-24(32)26(29,17-6-8-18(27)9-7-17)23-11-21-20(16-4-3-5-19(28)10-16)12-25(34)33(2)22(21)13-31-23/h3-15H,1-2H3. The first-order valence-electron chi connectivity index (χ1n) is 10.5. The molecule has 0 aliphatic rings. The molecule has 0 spiro atoms. The minimum absolute atomic E-state index is 0.140. The Balaban J connectivity index is 1.84. The molecular formula is C26H19Cl3N4O. The van der Waals surface area contributed by atoms with Crippen LogP contribution in [-0.4, -0.2) is 19.1 Å². The second kappa shape index (κ2) is 8.58. The number of pyridine rings is 2. The van der Waals surface area contributed by atoms with Gasteiger partial charge in [-0.2, -0.15) is 0 Å². The van der Waals surface area contributed by atoms with E-state index in [1.165, 1.54) is 0 Å². The largest absolute Gasteiger partial charge is 0.336 e. The maximum absolute atomic E-state index is 12.7. The van der Waals surface area contributed by atoms with E-state index in [4.69, 9.17) is 39.8 Å². The number of nitrogens with zero attached hydrogens (tertiary/aromatic N) is 4.